The molecule has 0 aromatic heterocycles. The van der Waals surface area contributed by atoms with Crippen molar-refractivity contribution in [3.8, 4) is 0 Å². The molecule has 0 radical (unpaired) electrons. The summed E-state index contributed by atoms with van der Waals surface area (Å²) >= 11 is 0. The number of hydrogen-bond donors (Lipinski definition) is 0. The van der Waals surface area contributed by atoms with Gasteiger partial charge >= 0.3 is 0 Å². The molecule has 2 aromatic carbocycles. The third-order valence-electron chi connectivity index (χ3n) is 4.91. The summed E-state index contributed by atoms with van der Waals surface area (Å²) in [5.74, 6) is 0. The summed E-state index contributed by atoms with van der Waals surface area (Å²) < 4.78 is 26.5. The van der Waals surface area contributed by atoms with Crippen molar-refractivity contribution in [1.29, 1.82) is 0 Å². The third kappa shape index (κ3) is 3.22. The van der Waals surface area contributed by atoms with Crippen LogP contribution in [0.5, 0.6) is 0 Å². The van der Waals surface area contributed by atoms with Gasteiger partial charge in [0.15, 0.2) is 9.84 Å². The van der Waals surface area contributed by atoms with E-state index in [4.69, 9.17) is 0 Å². The predicted molar refractivity (Wildman–Crippen MR) is 111 cm³/mol. The van der Waals surface area contributed by atoms with Crippen LogP contribution in [0.1, 0.15) is 12.8 Å². The maximum Gasteiger partial charge on any atom is 0.185 e. The van der Waals surface area contributed by atoms with E-state index in [1.165, 1.54) is 10.6 Å². The van der Waals surface area contributed by atoms with Crippen molar-refractivity contribution in [2.75, 3.05) is 0 Å². The molecule has 2 aliphatic carbocycles. The first-order chi connectivity index (χ1) is 12.7. The molecule has 4 heteroatoms. The van der Waals surface area contributed by atoms with Gasteiger partial charge < -0.3 is 0 Å². The first-order valence-electron chi connectivity index (χ1n) is 8.84. The molecule has 4 rings (SSSR count). The lowest BCUT2D eigenvalue weighted by Crippen LogP contribution is -2.33. The molecule has 0 fully saturated rings. The van der Waals surface area contributed by atoms with E-state index in [2.05, 4.69) is 24.3 Å². The fourth-order valence-corrected chi connectivity index (χ4v) is 9.08. The molecule has 0 heterocycles. The molecule has 2 unspecified atom stereocenters. The summed E-state index contributed by atoms with van der Waals surface area (Å²) in [6.45, 7) is 0. The molecule has 2 nitrogen and oxygen atoms in total. The molecular formula is C22H21O2PS. The Morgan fingerprint density at radius 3 is 2.00 bits per heavy atom. The van der Waals surface area contributed by atoms with E-state index in [1.54, 1.807) is 6.08 Å². The number of benzene rings is 2. The molecule has 2 atom stereocenters. The van der Waals surface area contributed by atoms with E-state index < -0.39 is 23.0 Å². The molecule has 2 aromatic rings. The summed E-state index contributed by atoms with van der Waals surface area (Å²) in [6, 6.07) is 20.7. The van der Waals surface area contributed by atoms with Gasteiger partial charge in [0, 0.05) is 5.66 Å². The van der Waals surface area contributed by atoms with Gasteiger partial charge in [-0.05, 0) is 37.4 Å². The van der Waals surface area contributed by atoms with Crippen molar-refractivity contribution < 1.29 is 8.42 Å². The number of sulfone groups is 1. The van der Waals surface area contributed by atoms with Crippen molar-refractivity contribution in [1.82, 2.24) is 0 Å². The first kappa shape index (κ1) is 17.5. The maximum absolute atomic E-state index is 13.3. The van der Waals surface area contributed by atoms with Crippen molar-refractivity contribution in [3.63, 3.8) is 0 Å². The van der Waals surface area contributed by atoms with Crippen LogP contribution >= 0.6 is 7.92 Å². The van der Waals surface area contributed by atoms with Crippen molar-refractivity contribution in [3.05, 3.63) is 95.9 Å². The summed E-state index contributed by atoms with van der Waals surface area (Å²) in [5, 5.41) is 2.01. The Morgan fingerprint density at radius 2 is 1.46 bits per heavy atom. The lowest BCUT2D eigenvalue weighted by molar-refractivity contribution is 0.595. The summed E-state index contributed by atoms with van der Waals surface area (Å²) in [4.78, 5) is 0.482. The molecule has 0 N–H and O–H groups in total. The van der Waals surface area contributed by atoms with Gasteiger partial charge in [0.25, 0.3) is 0 Å². The minimum atomic E-state index is -3.34. The van der Waals surface area contributed by atoms with Crippen LogP contribution in [0.3, 0.4) is 0 Å². The minimum Gasteiger partial charge on any atom is -0.223 e. The van der Waals surface area contributed by atoms with E-state index in [0.29, 0.717) is 11.3 Å². The number of allylic oxidation sites excluding steroid dienone is 4. The highest BCUT2D eigenvalue weighted by Crippen LogP contribution is 2.48. The monoisotopic (exact) mass is 380 g/mol. The summed E-state index contributed by atoms with van der Waals surface area (Å²) in [5.41, 5.74) is 0.0645. The highest BCUT2D eigenvalue weighted by Gasteiger charge is 2.41. The fourth-order valence-electron chi connectivity index (χ4n) is 3.69. The van der Waals surface area contributed by atoms with Crippen LogP contribution in [0.15, 0.2) is 95.9 Å². The van der Waals surface area contributed by atoms with Crippen LogP contribution in [-0.4, -0.2) is 19.3 Å². The van der Waals surface area contributed by atoms with Crippen LogP contribution in [0.4, 0.5) is 0 Å². The SMILES string of the molecule is O=S(=O)(C1=CCC=C1)C1C=CCC1P(c1ccccc1)c1ccccc1. The van der Waals surface area contributed by atoms with E-state index in [9.17, 15) is 8.42 Å². The molecule has 0 saturated carbocycles. The number of rotatable bonds is 5. The Kier molecular flexibility index (Phi) is 4.93. The predicted octanol–water partition coefficient (Wildman–Crippen LogP) is 4.08. The molecule has 26 heavy (non-hydrogen) atoms. The zero-order chi connectivity index (χ0) is 18.0. The van der Waals surface area contributed by atoms with Gasteiger partial charge in [-0.3, -0.25) is 0 Å². The van der Waals surface area contributed by atoms with Crippen LogP contribution in [-0.2, 0) is 9.84 Å². The molecule has 0 saturated heterocycles. The molecule has 0 amide bonds. The van der Waals surface area contributed by atoms with E-state index in [0.717, 1.165) is 6.42 Å². The van der Waals surface area contributed by atoms with Gasteiger partial charge in [-0.25, -0.2) is 8.42 Å². The minimum absolute atomic E-state index is 0.0645. The Balaban J connectivity index is 1.77. The standard InChI is InChI=1S/C22H21O2PS/c23-26(24,20-14-7-8-15-20)22-17-9-16-21(22)25(18-10-3-1-4-11-18)19-12-5-2-6-13-19/h1-7,9-15,17,21-22H,8,16H2. The molecule has 0 aliphatic heterocycles. The molecule has 0 bridgehead atoms. The third-order valence-corrected chi connectivity index (χ3v) is 10.2. The van der Waals surface area contributed by atoms with Gasteiger partial charge in [-0.15, -0.1) is 0 Å². The van der Waals surface area contributed by atoms with Gasteiger partial charge in [-0.1, -0.05) is 85.0 Å². The topological polar surface area (TPSA) is 34.1 Å². The van der Waals surface area contributed by atoms with Crippen LogP contribution in [0, 0.1) is 0 Å². The van der Waals surface area contributed by atoms with Gasteiger partial charge in [0.1, 0.15) is 0 Å². The highest BCUT2D eigenvalue weighted by atomic mass is 32.2. The van der Waals surface area contributed by atoms with E-state index in [-0.39, 0.29) is 5.66 Å². The summed E-state index contributed by atoms with van der Waals surface area (Å²) in [6.07, 6.45) is 11.0. The van der Waals surface area contributed by atoms with Crippen LogP contribution in [0.25, 0.3) is 0 Å². The van der Waals surface area contributed by atoms with Crippen molar-refractivity contribution in [2.45, 2.75) is 23.8 Å². The quantitative estimate of drug-likeness (QED) is 0.579. The van der Waals surface area contributed by atoms with Crippen LogP contribution in [0.2, 0.25) is 0 Å². The zero-order valence-corrected chi connectivity index (χ0v) is 16.1. The Bertz CT molecular complexity index is 920. The van der Waals surface area contributed by atoms with Gasteiger partial charge in [0.05, 0.1) is 10.2 Å². The van der Waals surface area contributed by atoms with Crippen LogP contribution < -0.4 is 10.6 Å². The molecule has 132 valence electrons. The maximum atomic E-state index is 13.3. The second-order valence-electron chi connectivity index (χ2n) is 6.53. The van der Waals surface area contributed by atoms with E-state index >= 15 is 0 Å². The second kappa shape index (κ2) is 7.34. The zero-order valence-electron chi connectivity index (χ0n) is 14.4. The van der Waals surface area contributed by atoms with Gasteiger partial charge in [-0.2, -0.15) is 0 Å². The van der Waals surface area contributed by atoms with Crippen molar-refractivity contribution in [2.24, 2.45) is 0 Å². The largest absolute Gasteiger partial charge is 0.223 e. The molecule has 2 aliphatic rings. The highest BCUT2D eigenvalue weighted by molar-refractivity contribution is 7.96. The fraction of sp³-hybridized carbons (Fsp3) is 0.182. The Morgan fingerprint density at radius 1 is 0.846 bits per heavy atom. The Labute approximate surface area is 156 Å². The lowest BCUT2D eigenvalue weighted by Gasteiger charge is -2.30. The van der Waals surface area contributed by atoms with Crippen molar-refractivity contribution >= 4 is 28.4 Å². The first-order valence-corrected chi connectivity index (χ1v) is 11.8. The molecule has 0 spiro atoms. The average Bonchev–Trinajstić information content (AvgIpc) is 3.37. The summed E-state index contributed by atoms with van der Waals surface area (Å²) in [7, 11) is -4.11. The molecular weight excluding hydrogens is 359 g/mol. The van der Waals surface area contributed by atoms with Gasteiger partial charge in [0.2, 0.25) is 0 Å². The normalized spacial score (nSPS) is 22.1. The second-order valence-corrected chi connectivity index (χ2v) is 11.1. The van der Waals surface area contributed by atoms with E-state index in [1.807, 2.05) is 60.7 Å². The smallest absolute Gasteiger partial charge is 0.185 e. The average molecular weight is 380 g/mol. The Hall–Kier alpha value is -1.96. The lowest BCUT2D eigenvalue weighted by atomic mass is 10.3. The number of hydrogen-bond acceptors (Lipinski definition) is 2.